The van der Waals surface area contributed by atoms with E-state index in [0.717, 1.165) is 31.6 Å². The van der Waals surface area contributed by atoms with Crippen LogP contribution in [0.25, 0.3) is 0 Å². The first-order valence-electron chi connectivity index (χ1n) is 6.51. The van der Waals surface area contributed by atoms with Crippen molar-refractivity contribution in [1.29, 1.82) is 0 Å². The number of ether oxygens (including phenoxy) is 1. The lowest BCUT2D eigenvalue weighted by Crippen LogP contribution is -2.18. The maximum Gasteiger partial charge on any atom is 0.308 e. The zero-order valence-electron chi connectivity index (χ0n) is 10.6. The first kappa shape index (κ1) is 13.5. The summed E-state index contributed by atoms with van der Waals surface area (Å²) in [4.78, 5) is 11.6. The molecule has 0 radical (unpaired) electrons. The molecule has 0 bridgehead atoms. The van der Waals surface area contributed by atoms with Gasteiger partial charge in [-0.2, -0.15) is 0 Å². The third-order valence-corrected chi connectivity index (χ3v) is 3.17. The van der Waals surface area contributed by atoms with E-state index >= 15 is 0 Å². The lowest BCUT2D eigenvalue weighted by atomic mass is 10.0. The summed E-state index contributed by atoms with van der Waals surface area (Å²) in [5.74, 6) is 0.824. The highest BCUT2D eigenvalue weighted by atomic mass is 16.5. The van der Waals surface area contributed by atoms with Crippen LogP contribution in [0.2, 0.25) is 0 Å². The van der Waals surface area contributed by atoms with Gasteiger partial charge in [-0.05, 0) is 32.1 Å². The molecule has 0 aromatic heterocycles. The Bertz CT molecular complexity index is 212. The fourth-order valence-corrected chi connectivity index (χ4v) is 1.74. The molecule has 2 unspecified atom stereocenters. The van der Waals surface area contributed by atoms with Crippen molar-refractivity contribution < 1.29 is 9.53 Å². The van der Waals surface area contributed by atoms with Gasteiger partial charge in [-0.1, -0.05) is 26.2 Å². The van der Waals surface area contributed by atoms with Crippen molar-refractivity contribution in [2.75, 3.05) is 6.61 Å². The third-order valence-electron chi connectivity index (χ3n) is 3.17. The van der Waals surface area contributed by atoms with E-state index in [4.69, 9.17) is 10.5 Å². The molecule has 0 heterocycles. The van der Waals surface area contributed by atoms with Crippen LogP contribution >= 0.6 is 0 Å². The number of carbonyl (C=O) groups excluding carboxylic acids is 1. The molecule has 0 aliphatic heterocycles. The molecule has 0 aromatic rings. The quantitative estimate of drug-likeness (QED) is 0.648. The monoisotopic (exact) mass is 227 g/mol. The summed E-state index contributed by atoms with van der Waals surface area (Å²) in [7, 11) is 0. The van der Waals surface area contributed by atoms with Crippen molar-refractivity contribution in [3.63, 3.8) is 0 Å². The lowest BCUT2D eigenvalue weighted by Gasteiger charge is -2.12. The molecule has 2 atom stereocenters. The van der Waals surface area contributed by atoms with Crippen LogP contribution < -0.4 is 5.73 Å². The van der Waals surface area contributed by atoms with E-state index in [9.17, 15) is 4.79 Å². The van der Waals surface area contributed by atoms with Gasteiger partial charge in [0.05, 0.1) is 12.5 Å². The largest absolute Gasteiger partial charge is 0.465 e. The second-order valence-electron chi connectivity index (χ2n) is 5.21. The molecule has 1 aliphatic carbocycles. The zero-order chi connectivity index (χ0) is 12.0. The van der Waals surface area contributed by atoms with Crippen LogP contribution in [-0.2, 0) is 9.53 Å². The highest BCUT2D eigenvalue weighted by Crippen LogP contribution is 2.32. The van der Waals surface area contributed by atoms with E-state index in [0.29, 0.717) is 6.61 Å². The normalized spacial score (nSPS) is 19.2. The van der Waals surface area contributed by atoms with Gasteiger partial charge in [0.2, 0.25) is 0 Å². The van der Waals surface area contributed by atoms with Gasteiger partial charge in [0.25, 0.3) is 0 Å². The Hall–Kier alpha value is -0.570. The molecule has 0 spiro atoms. The van der Waals surface area contributed by atoms with Crippen LogP contribution in [0, 0.1) is 11.8 Å². The van der Waals surface area contributed by atoms with Crippen LogP contribution in [0.4, 0.5) is 0 Å². The van der Waals surface area contributed by atoms with E-state index in [-0.39, 0.29) is 17.9 Å². The summed E-state index contributed by atoms with van der Waals surface area (Å²) in [5.41, 5.74) is 5.66. The minimum atomic E-state index is -0.0367. The van der Waals surface area contributed by atoms with E-state index in [1.165, 1.54) is 12.8 Å². The summed E-state index contributed by atoms with van der Waals surface area (Å²) in [6, 6.07) is 0.234. The van der Waals surface area contributed by atoms with E-state index in [1.807, 2.05) is 13.8 Å². The van der Waals surface area contributed by atoms with Crippen LogP contribution in [0.5, 0.6) is 0 Å². The maximum absolute atomic E-state index is 11.6. The first-order chi connectivity index (χ1) is 7.59. The van der Waals surface area contributed by atoms with Gasteiger partial charge in [0.1, 0.15) is 0 Å². The molecule has 94 valence electrons. The SMILES string of the molecule is CC(N)CCCC(C)C(=O)OCCC1CC1. The number of hydrogen-bond donors (Lipinski definition) is 1. The summed E-state index contributed by atoms with van der Waals surface area (Å²) in [6.07, 6.45) is 6.58. The highest BCUT2D eigenvalue weighted by molar-refractivity contribution is 5.71. The minimum Gasteiger partial charge on any atom is -0.465 e. The van der Waals surface area contributed by atoms with E-state index in [2.05, 4.69) is 0 Å². The predicted molar refractivity (Wildman–Crippen MR) is 65.0 cm³/mol. The van der Waals surface area contributed by atoms with Crippen molar-refractivity contribution in [2.45, 2.75) is 58.4 Å². The molecule has 16 heavy (non-hydrogen) atoms. The van der Waals surface area contributed by atoms with Gasteiger partial charge in [0, 0.05) is 6.04 Å². The standard InChI is InChI=1S/C13H25NO2/c1-10(4-3-5-11(2)14)13(15)16-9-8-12-6-7-12/h10-12H,3-9,14H2,1-2H3. The van der Waals surface area contributed by atoms with Gasteiger partial charge >= 0.3 is 5.97 Å². The number of esters is 1. The Morgan fingerprint density at radius 3 is 2.62 bits per heavy atom. The molecular weight excluding hydrogens is 202 g/mol. The summed E-state index contributed by atoms with van der Waals surface area (Å²) >= 11 is 0. The molecule has 1 rings (SSSR count). The second-order valence-corrected chi connectivity index (χ2v) is 5.21. The Balaban J connectivity index is 1.99. The first-order valence-corrected chi connectivity index (χ1v) is 6.51. The van der Waals surface area contributed by atoms with Crippen molar-refractivity contribution in [3.05, 3.63) is 0 Å². The van der Waals surface area contributed by atoms with Gasteiger partial charge in [-0.25, -0.2) is 0 Å². The van der Waals surface area contributed by atoms with E-state index < -0.39 is 0 Å². The van der Waals surface area contributed by atoms with Gasteiger partial charge in [-0.3, -0.25) is 4.79 Å². The van der Waals surface area contributed by atoms with Crippen LogP contribution in [0.15, 0.2) is 0 Å². The van der Waals surface area contributed by atoms with Crippen molar-refractivity contribution in [1.82, 2.24) is 0 Å². The van der Waals surface area contributed by atoms with Gasteiger partial charge in [0.15, 0.2) is 0 Å². The number of carbonyl (C=O) groups is 1. The predicted octanol–water partition coefficient (Wildman–Crippen LogP) is 2.48. The summed E-state index contributed by atoms with van der Waals surface area (Å²) in [6.45, 7) is 4.56. The van der Waals surface area contributed by atoms with Crippen molar-refractivity contribution in [3.8, 4) is 0 Å². The van der Waals surface area contributed by atoms with Crippen LogP contribution in [-0.4, -0.2) is 18.6 Å². The Labute approximate surface area is 98.7 Å². The number of rotatable bonds is 8. The zero-order valence-corrected chi connectivity index (χ0v) is 10.6. The van der Waals surface area contributed by atoms with Crippen molar-refractivity contribution >= 4 is 5.97 Å². The van der Waals surface area contributed by atoms with Gasteiger partial charge in [-0.15, -0.1) is 0 Å². The average Bonchev–Trinajstić information content (AvgIpc) is 3.00. The molecule has 0 saturated heterocycles. The van der Waals surface area contributed by atoms with Crippen LogP contribution in [0.3, 0.4) is 0 Å². The topological polar surface area (TPSA) is 52.3 Å². The molecule has 1 saturated carbocycles. The number of hydrogen-bond acceptors (Lipinski definition) is 3. The molecule has 2 N–H and O–H groups in total. The molecule has 1 aliphatic rings. The fourth-order valence-electron chi connectivity index (χ4n) is 1.74. The molecule has 3 heteroatoms. The van der Waals surface area contributed by atoms with Gasteiger partial charge < -0.3 is 10.5 Å². The molecule has 1 fully saturated rings. The maximum atomic E-state index is 11.6. The number of nitrogens with two attached hydrogens (primary N) is 1. The van der Waals surface area contributed by atoms with Crippen molar-refractivity contribution in [2.24, 2.45) is 17.6 Å². The molecular formula is C13H25NO2. The Morgan fingerprint density at radius 1 is 1.38 bits per heavy atom. The molecule has 0 aromatic carbocycles. The summed E-state index contributed by atoms with van der Waals surface area (Å²) < 4.78 is 5.24. The Kier molecular flexibility index (Phi) is 5.81. The summed E-state index contributed by atoms with van der Waals surface area (Å²) in [5, 5.41) is 0. The highest BCUT2D eigenvalue weighted by Gasteiger charge is 2.22. The van der Waals surface area contributed by atoms with Crippen LogP contribution in [0.1, 0.15) is 52.4 Å². The van der Waals surface area contributed by atoms with E-state index in [1.54, 1.807) is 0 Å². The minimum absolute atomic E-state index is 0.0259. The molecule has 3 nitrogen and oxygen atoms in total. The molecule has 0 amide bonds. The Morgan fingerprint density at radius 2 is 2.06 bits per heavy atom. The second kappa shape index (κ2) is 6.89. The lowest BCUT2D eigenvalue weighted by molar-refractivity contribution is -0.148. The third kappa shape index (κ3) is 6.11. The smallest absolute Gasteiger partial charge is 0.308 e. The average molecular weight is 227 g/mol. The fraction of sp³-hybridized carbons (Fsp3) is 0.923.